The molecule has 0 heterocycles. The molecule has 0 aromatic rings. The second-order valence-electron chi connectivity index (χ2n) is 21.1. The van der Waals surface area contributed by atoms with E-state index in [0.29, 0.717) is 0 Å². The number of rotatable bonds is 28. The predicted molar refractivity (Wildman–Crippen MR) is 258 cm³/mol. The fourth-order valence-electron chi connectivity index (χ4n) is 8.04. The molecular formula is C46H92O2Si5. The maximum absolute atomic E-state index is 6.83. The maximum atomic E-state index is 6.83. The van der Waals surface area contributed by atoms with Crippen molar-refractivity contribution in [3.05, 3.63) is 73.7 Å². The van der Waals surface area contributed by atoms with Gasteiger partial charge in [-0.15, -0.1) is 39.5 Å². The first-order chi connectivity index (χ1) is 24.1. The van der Waals surface area contributed by atoms with E-state index in [-0.39, 0.29) is 21.3 Å². The summed E-state index contributed by atoms with van der Waals surface area (Å²) in [5, 5.41) is 0.419. The van der Waals surface area contributed by atoms with Gasteiger partial charge in [-0.2, -0.15) is 0 Å². The summed E-state index contributed by atoms with van der Waals surface area (Å²) < 4.78 is 13.7. The lowest BCUT2D eigenvalue weighted by Crippen LogP contribution is -2.49. The predicted octanol–water partition coefficient (Wildman–Crippen LogP) is 16.2. The lowest BCUT2D eigenvalue weighted by Gasteiger charge is -2.44. The average molecular weight is 818 g/mol. The molecule has 0 aliphatic rings. The molecule has 2 nitrogen and oxygen atoms in total. The Bertz CT molecular complexity index is 1040. The topological polar surface area (TPSA) is 18.5 Å². The molecule has 0 rings (SSSR count). The Balaban J connectivity index is 5.08. The minimum Gasteiger partial charge on any atom is -0.412 e. The van der Waals surface area contributed by atoms with Crippen LogP contribution in [-0.2, 0) is 8.85 Å². The van der Waals surface area contributed by atoms with Crippen molar-refractivity contribution >= 4 is 40.9 Å². The van der Waals surface area contributed by atoms with Crippen LogP contribution in [0.4, 0.5) is 0 Å². The SMILES string of the molecule is C=C[Si](C=C)(CCCCC[Si](C=C)(C=C)CCC[Si](C)(OC(C)(C)C)C(C)(C)C)CCCCC[Si](C=C)(C=C)CCC[Si](C)(OC(C)(C)C)C(C)(C)C. The fourth-order valence-corrected chi connectivity index (χ4v) is 24.5. The van der Waals surface area contributed by atoms with Crippen molar-refractivity contribution in [1.82, 2.24) is 0 Å². The van der Waals surface area contributed by atoms with Crippen LogP contribution in [0.25, 0.3) is 0 Å². The zero-order valence-electron chi connectivity index (χ0n) is 38.3. The van der Waals surface area contributed by atoms with Gasteiger partial charge in [0.15, 0.2) is 16.6 Å². The molecule has 0 bridgehead atoms. The van der Waals surface area contributed by atoms with Crippen LogP contribution in [0.2, 0.25) is 71.5 Å². The number of unbranched alkanes of at least 4 members (excludes halogenated alkanes) is 4. The summed E-state index contributed by atoms with van der Waals surface area (Å²) >= 11 is 0. The Hall–Kier alpha value is -0.556. The van der Waals surface area contributed by atoms with Crippen LogP contribution < -0.4 is 0 Å². The third-order valence-corrected chi connectivity index (χ3v) is 36.5. The van der Waals surface area contributed by atoms with E-state index >= 15 is 0 Å². The standard InChI is InChI=1S/C46H92O2Si5/c1-21-51(22-2,37-29-27-31-39-52(23-3,24-4)41-33-35-49(19,45(13,14)15)47-43(7,8)9)38-30-28-32-40-53(25-5,26-6)42-34-36-50(20,46(16,17)18)48-44(10,11)12/h21-26H,1-6,27-42H2,7-20H3. The molecule has 53 heavy (non-hydrogen) atoms. The van der Waals surface area contributed by atoms with E-state index in [1.165, 1.54) is 99.7 Å². The summed E-state index contributed by atoms with van der Waals surface area (Å²) in [5.74, 6) is 0. The molecule has 0 saturated carbocycles. The first-order valence-corrected chi connectivity index (χ1v) is 34.3. The fraction of sp³-hybridized carbons (Fsp3) is 0.739. The van der Waals surface area contributed by atoms with Gasteiger partial charge >= 0.3 is 0 Å². The Morgan fingerprint density at radius 1 is 0.340 bits per heavy atom. The van der Waals surface area contributed by atoms with Gasteiger partial charge in [0.1, 0.15) is 24.2 Å². The molecule has 308 valence electrons. The van der Waals surface area contributed by atoms with Gasteiger partial charge in [0.2, 0.25) is 0 Å². The van der Waals surface area contributed by atoms with Gasteiger partial charge < -0.3 is 8.85 Å². The van der Waals surface area contributed by atoms with Crippen molar-refractivity contribution in [2.24, 2.45) is 0 Å². The average Bonchev–Trinajstić information content (AvgIpc) is 3.03. The van der Waals surface area contributed by atoms with Gasteiger partial charge in [0, 0.05) is 11.2 Å². The molecule has 0 aliphatic heterocycles. The van der Waals surface area contributed by atoms with E-state index < -0.39 is 40.9 Å². The molecule has 0 amide bonds. The van der Waals surface area contributed by atoms with Gasteiger partial charge in [0.05, 0.1) is 0 Å². The van der Waals surface area contributed by atoms with E-state index in [9.17, 15) is 0 Å². The molecule has 0 radical (unpaired) electrons. The second kappa shape index (κ2) is 21.8. The summed E-state index contributed by atoms with van der Waals surface area (Å²) in [6.07, 6.45) is 10.1. The highest BCUT2D eigenvalue weighted by Crippen LogP contribution is 2.45. The molecule has 0 N–H and O–H groups in total. The largest absolute Gasteiger partial charge is 0.412 e. The lowest BCUT2D eigenvalue weighted by atomic mass is 10.2. The van der Waals surface area contributed by atoms with Crippen LogP contribution in [0, 0.1) is 0 Å². The summed E-state index contributed by atoms with van der Waals surface area (Å²) in [4.78, 5) is 0. The van der Waals surface area contributed by atoms with Gasteiger partial charge in [-0.05, 0) is 76.8 Å². The van der Waals surface area contributed by atoms with Gasteiger partial charge in [0.25, 0.3) is 0 Å². The highest BCUT2D eigenvalue weighted by atomic mass is 28.4. The Labute approximate surface area is 338 Å². The van der Waals surface area contributed by atoms with Crippen LogP contribution >= 0.6 is 0 Å². The third kappa shape index (κ3) is 18.1. The minimum absolute atomic E-state index is 0.0992. The Morgan fingerprint density at radius 3 is 0.717 bits per heavy atom. The minimum atomic E-state index is -1.91. The van der Waals surface area contributed by atoms with Crippen molar-refractivity contribution in [3.63, 3.8) is 0 Å². The summed E-state index contributed by atoms with van der Waals surface area (Å²) in [6.45, 7) is 58.5. The van der Waals surface area contributed by atoms with Crippen molar-refractivity contribution in [2.75, 3.05) is 0 Å². The maximum Gasteiger partial charge on any atom is 0.195 e. The summed E-state index contributed by atoms with van der Waals surface area (Å²) in [6, 6.07) is 9.99. The molecule has 0 aromatic carbocycles. The molecule has 2 atom stereocenters. The smallest absolute Gasteiger partial charge is 0.195 e. The highest BCUT2D eigenvalue weighted by molar-refractivity contribution is 6.90. The van der Waals surface area contributed by atoms with E-state index in [1.807, 2.05) is 0 Å². The molecular weight excluding hydrogens is 725 g/mol. The second-order valence-corrected chi connectivity index (χ2v) is 43.3. The molecule has 0 aromatic heterocycles. The lowest BCUT2D eigenvalue weighted by molar-refractivity contribution is 0.108. The van der Waals surface area contributed by atoms with E-state index in [0.717, 1.165) is 0 Å². The summed E-state index contributed by atoms with van der Waals surface area (Å²) in [7, 11) is -8.92. The molecule has 0 fully saturated rings. The van der Waals surface area contributed by atoms with Crippen LogP contribution in [-0.4, -0.2) is 52.1 Å². The molecule has 7 heteroatoms. The highest BCUT2D eigenvalue weighted by Gasteiger charge is 2.45. The van der Waals surface area contributed by atoms with Gasteiger partial charge in [-0.3, -0.25) is 0 Å². The van der Waals surface area contributed by atoms with Gasteiger partial charge in [-0.25, -0.2) is 0 Å². The van der Waals surface area contributed by atoms with Crippen LogP contribution in [0.15, 0.2) is 73.7 Å². The first-order valence-electron chi connectivity index (χ1n) is 21.3. The van der Waals surface area contributed by atoms with Crippen LogP contribution in [0.1, 0.15) is 134 Å². The summed E-state index contributed by atoms with van der Waals surface area (Å²) in [5.41, 5.74) is 13.7. The molecule has 2 unspecified atom stereocenters. The van der Waals surface area contributed by atoms with E-state index in [2.05, 4.69) is 170 Å². The first kappa shape index (κ1) is 52.4. The van der Waals surface area contributed by atoms with Crippen molar-refractivity contribution in [2.45, 2.75) is 217 Å². The van der Waals surface area contributed by atoms with Crippen molar-refractivity contribution in [1.29, 1.82) is 0 Å². The van der Waals surface area contributed by atoms with Crippen molar-refractivity contribution in [3.8, 4) is 0 Å². The Kier molecular flexibility index (Phi) is 21.6. The zero-order valence-corrected chi connectivity index (χ0v) is 43.3. The third-order valence-electron chi connectivity index (χ3n) is 12.8. The molecule has 0 aliphatic carbocycles. The molecule has 0 spiro atoms. The zero-order chi connectivity index (χ0) is 41.5. The monoisotopic (exact) mass is 817 g/mol. The van der Waals surface area contributed by atoms with Crippen molar-refractivity contribution < 1.29 is 8.85 Å². The quantitative estimate of drug-likeness (QED) is 0.0578. The Morgan fingerprint density at radius 2 is 0.547 bits per heavy atom. The number of hydrogen-bond acceptors (Lipinski definition) is 2. The van der Waals surface area contributed by atoms with E-state index in [1.54, 1.807) is 0 Å². The van der Waals surface area contributed by atoms with Crippen LogP contribution in [0.5, 0.6) is 0 Å². The van der Waals surface area contributed by atoms with Crippen LogP contribution in [0.3, 0.4) is 0 Å². The van der Waals surface area contributed by atoms with E-state index in [4.69, 9.17) is 8.85 Å². The molecule has 0 saturated heterocycles. The number of hydrogen-bond donors (Lipinski definition) is 0. The van der Waals surface area contributed by atoms with Gasteiger partial charge in [-0.1, -0.05) is 163 Å². The normalized spacial score (nSPS) is 16.0.